The second-order valence-electron chi connectivity index (χ2n) is 6.78. The van der Waals surface area contributed by atoms with Crippen molar-refractivity contribution in [1.82, 2.24) is 15.3 Å². The molecule has 3 rings (SSSR count). The second kappa shape index (κ2) is 10.2. The summed E-state index contributed by atoms with van der Waals surface area (Å²) in [5, 5.41) is 6.44. The Morgan fingerprint density at radius 2 is 1.80 bits per heavy atom. The van der Waals surface area contributed by atoms with Gasteiger partial charge in [0.15, 0.2) is 0 Å². The first-order chi connectivity index (χ1) is 14.6. The number of hydrogen-bond donors (Lipinski definition) is 3. The van der Waals surface area contributed by atoms with E-state index in [1.165, 1.54) is 7.11 Å². The molecule has 0 aliphatic carbocycles. The number of aromatic amines is 1. The lowest BCUT2D eigenvalue weighted by Crippen LogP contribution is -2.24. The summed E-state index contributed by atoms with van der Waals surface area (Å²) in [6.07, 6.45) is 2.78. The van der Waals surface area contributed by atoms with Crippen LogP contribution in [0.1, 0.15) is 36.0 Å². The van der Waals surface area contributed by atoms with Crippen molar-refractivity contribution in [3.8, 4) is 0 Å². The van der Waals surface area contributed by atoms with Gasteiger partial charge in [-0.15, -0.1) is 0 Å². The van der Waals surface area contributed by atoms with Gasteiger partial charge >= 0.3 is 5.97 Å². The number of methoxy groups -OCH3 is 1. The fourth-order valence-electron chi connectivity index (χ4n) is 2.96. The van der Waals surface area contributed by atoms with Crippen LogP contribution in [-0.2, 0) is 9.53 Å². The van der Waals surface area contributed by atoms with Gasteiger partial charge in [-0.25, -0.2) is 4.98 Å². The Kier molecular flexibility index (Phi) is 7.15. The number of benzene rings is 2. The summed E-state index contributed by atoms with van der Waals surface area (Å²) >= 11 is 0. The Bertz CT molecular complexity index is 1080. The summed E-state index contributed by atoms with van der Waals surface area (Å²) in [6, 6.07) is 14.0. The highest BCUT2D eigenvalue weighted by Crippen LogP contribution is 2.15. The van der Waals surface area contributed by atoms with E-state index in [4.69, 9.17) is 0 Å². The minimum atomic E-state index is -0.217. The molecule has 0 fully saturated rings. The van der Waals surface area contributed by atoms with Crippen molar-refractivity contribution in [3.05, 3.63) is 64.4 Å². The van der Waals surface area contributed by atoms with Gasteiger partial charge in [-0.2, -0.15) is 0 Å². The molecule has 0 unspecified atom stereocenters. The highest BCUT2D eigenvalue weighted by atomic mass is 16.5. The van der Waals surface area contributed by atoms with Gasteiger partial charge in [0.2, 0.25) is 5.95 Å². The summed E-state index contributed by atoms with van der Waals surface area (Å²) in [7, 11) is 1.38. The summed E-state index contributed by atoms with van der Waals surface area (Å²) < 4.78 is 4.59. The van der Waals surface area contributed by atoms with Gasteiger partial charge in [-0.3, -0.25) is 19.4 Å². The minimum absolute atomic E-state index is 0.160. The molecule has 1 aromatic heterocycles. The number of anilines is 2. The third-order valence-electron chi connectivity index (χ3n) is 4.59. The molecule has 0 atom stereocenters. The van der Waals surface area contributed by atoms with E-state index in [-0.39, 0.29) is 17.4 Å². The van der Waals surface area contributed by atoms with Crippen molar-refractivity contribution >= 4 is 34.4 Å². The SMILES string of the molecule is COC(=O)CCCCCNC(=O)c1ccc(Nc2nc3ccccc3c(=O)[nH]2)cc1. The van der Waals surface area contributed by atoms with Gasteiger partial charge in [-0.1, -0.05) is 18.6 Å². The van der Waals surface area contributed by atoms with Crippen LogP contribution in [0.15, 0.2) is 53.3 Å². The highest BCUT2D eigenvalue weighted by molar-refractivity contribution is 5.94. The summed E-state index contributed by atoms with van der Waals surface area (Å²) in [5.41, 5.74) is 1.62. The molecule has 0 saturated heterocycles. The van der Waals surface area contributed by atoms with E-state index in [1.807, 2.05) is 6.07 Å². The Hall–Kier alpha value is -3.68. The van der Waals surface area contributed by atoms with Crippen molar-refractivity contribution < 1.29 is 14.3 Å². The summed E-state index contributed by atoms with van der Waals surface area (Å²) in [5.74, 6) is -0.0367. The Balaban J connectivity index is 1.50. The number of unbranched alkanes of at least 4 members (excludes halogenated alkanes) is 2. The zero-order valence-corrected chi connectivity index (χ0v) is 16.7. The number of rotatable bonds is 9. The topological polar surface area (TPSA) is 113 Å². The van der Waals surface area contributed by atoms with Gasteiger partial charge < -0.3 is 15.4 Å². The van der Waals surface area contributed by atoms with Gasteiger partial charge in [0.1, 0.15) is 0 Å². The average Bonchev–Trinajstić information content (AvgIpc) is 2.76. The van der Waals surface area contributed by atoms with Crippen LogP contribution in [-0.4, -0.2) is 35.5 Å². The number of hydrogen-bond acceptors (Lipinski definition) is 6. The van der Waals surface area contributed by atoms with Crippen molar-refractivity contribution in [2.24, 2.45) is 0 Å². The highest BCUT2D eigenvalue weighted by Gasteiger charge is 2.07. The summed E-state index contributed by atoms with van der Waals surface area (Å²) in [4.78, 5) is 42.5. The second-order valence-corrected chi connectivity index (χ2v) is 6.78. The Morgan fingerprint density at radius 1 is 1.03 bits per heavy atom. The smallest absolute Gasteiger partial charge is 0.305 e. The van der Waals surface area contributed by atoms with Crippen LogP contribution in [0.2, 0.25) is 0 Å². The van der Waals surface area contributed by atoms with E-state index in [0.717, 1.165) is 19.3 Å². The molecule has 0 radical (unpaired) electrons. The third kappa shape index (κ3) is 5.66. The molecule has 8 nitrogen and oxygen atoms in total. The average molecular weight is 408 g/mol. The predicted molar refractivity (Wildman–Crippen MR) is 115 cm³/mol. The van der Waals surface area contributed by atoms with Crippen LogP contribution in [0.25, 0.3) is 10.9 Å². The maximum absolute atomic E-state index is 12.2. The molecule has 30 heavy (non-hydrogen) atoms. The maximum atomic E-state index is 12.2. The van der Waals surface area contributed by atoms with Crippen LogP contribution < -0.4 is 16.2 Å². The first-order valence-corrected chi connectivity index (χ1v) is 9.78. The lowest BCUT2D eigenvalue weighted by molar-refractivity contribution is -0.140. The van der Waals surface area contributed by atoms with Crippen LogP contribution in [0.3, 0.4) is 0 Å². The maximum Gasteiger partial charge on any atom is 0.305 e. The molecule has 0 spiro atoms. The number of nitrogens with one attached hydrogen (secondary N) is 3. The fraction of sp³-hybridized carbons (Fsp3) is 0.273. The standard InChI is InChI=1S/C22H24N4O4/c1-30-19(27)9-3-2-6-14-23-20(28)15-10-12-16(13-11-15)24-22-25-18-8-5-4-7-17(18)21(29)26-22/h4-5,7-8,10-13H,2-3,6,9,14H2,1H3,(H,23,28)(H2,24,25,26,29). The van der Waals surface area contributed by atoms with E-state index in [9.17, 15) is 14.4 Å². The number of fused-ring (bicyclic) bond motifs is 1. The third-order valence-corrected chi connectivity index (χ3v) is 4.59. The lowest BCUT2D eigenvalue weighted by Gasteiger charge is -2.08. The number of amides is 1. The first-order valence-electron chi connectivity index (χ1n) is 9.78. The Labute approximate surface area is 173 Å². The number of carbonyl (C=O) groups is 2. The predicted octanol–water partition coefficient (Wildman–Crippen LogP) is 3.13. The molecular formula is C22H24N4O4. The van der Waals surface area contributed by atoms with E-state index < -0.39 is 0 Å². The zero-order valence-electron chi connectivity index (χ0n) is 16.7. The molecule has 2 aromatic carbocycles. The largest absolute Gasteiger partial charge is 0.469 e. The van der Waals surface area contributed by atoms with Crippen molar-refractivity contribution in [1.29, 1.82) is 0 Å². The fourth-order valence-corrected chi connectivity index (χ4v) is 2.96. The van der Waals surface area contributed by atoms with Gasteiger partial charge in [-0.05, 0) is 49.2 Å². The molecule has 0 aliphatic heterocycles. The molecule has 0 bridgehead atoms. The number of esters is 1. The van der Waals surface area contributed by atoms with Crippen LogP contribution in [0.4, 0.5) is 11.6 Å². The molecule has 3 aromatic rings. The van der Waals surface area contributed by atoms with Crippen LogP contribution in [0.5, 0.6) is 0 Å². The van der Waals surface area contributed by atoms with Gasteiger partial charge in [0.25, 0.3) is 11.5 Å². The minimum Gasteiger partial charge on any atom is -0.469 e. The molecule has 1 amide bonds. The van der Waals surface area contributed by atoms with E-state index in [2.05, 4.69) is 25.3 Å². The number of para-hydroxylation sites is 1. The van der Waals surface area contributed by atoms with Crippen molar-refractivity contribution in [3.63, 3.8) is 0 Å². The Morgan fingerprint density at radius 3 is 2.57 bits per heavy atom. The monoisotopic (exact) mass is 408 g/mol. The number of nitrogens with zero attached hydrogens (tertiary/aromatic N) is 1. The lowest BCUT2D eigenvalue weighted by atomic mass is 10.1. The van der Waals surface area contributed by atoms with Crippen molar-refractivity contribution in [2.45, 2.75) is 25.7 Å². The number of ether oxygens (including phenoxy) is 1. The van der Waals surface area contributed by atoms with Crippen molar-refractivity contribution in [2.75, 3.05) is 19.0 Å². The summed E-state index contributed by atoms with van der Waals surface area (Å²) in [6.45, 7) is 0.544. The van der Waals surface area contributed by atoms with E-state index >= 15 is 0 Å². The first kappa shape index (κ1) is 21.0. The number of aromatic nitrogens is 2. The molecular weight excluding hydrogens is 384 g/mol. The number of carbonyl (C=O) groups excluding carboxylic acids is 2. The van der Waals surface area contributed by atoms with E-state index in [0.29, 0.717) is 41.1 Å². The molecule has 0 saturated carbocycles. The number of H-pyrrole nitrogens is 1. The normalized spacial score (nSPS) is 10.6. The molecule has 8 heteroatoms. The van der Waals surface area contributed by atoms with Gasteiger partial charge in [0, 0.05) is 24.2 Å². The van der Waals surface area contributed by atoms with Crippen LogP contribution in [0, 0.1) is 0 Å². The molecule has 156 valence electrons. The zero-order chi connectivity index (χ0) is 21.3. The molecule has 1 heterocycles. The van der Waals surface area contributed by atoms with Crippen LogP contribution >= 0.6 is 0 Å². The molecule has 0 aliphatic rings. The quantitative estimate of drug-likeness (QED) is 0.370. The van der Waals surface area contributed by atoms with Gasteiger partial charge in [0.05, 0.1) is 18.0 Å². The molecule has 3 N–H and O–H groups in total. The van der Waals surface area contributed by atoms with E-state index in [1.54, 1.807) is 42.5 Å².